The second-order valence-corrected chi connectivity index (χ2v) is 21.0. The Hall–Kier alpha value is -6.90. The summed E-state index contributed by atoms with van der Waals surface area (Å²) in [6.07, 6.45) is 1.70. The first-order chi connectivity index (χ1) is 33.1. The molecule has 5 N–H and O–H groups in total. The fourth-order valence-electron chi connectivity index (χ4n) is 8.23. The Morgan fingerprint density at radius 3 is 2.33 bits per heavy atom. The molecule has 4 heterocycles. The largest absolute Gasteiger partial charge is 0.391 e. The Kier molecular flexibility index (Phi) is 15.3. The zero-order chi connectivity index (χ0) is 50.7. The van der Waals surface area contributed by atoms with Crippen molar-refractivity contribution in [3.63, 3.8) is 0 Å². The first-order valence-corrected chi connectivity index (χ1v) is 25.1. The minimum absolute atomic E-state index is 0.0327. The van der Waals surface area contributed by atoms with Gasteiger partial charge < -0.3 is 30.5 Å². The number of thiazole rings is 1. The number of aromatic nitrogens is 3. The van der Waals surface area contributed by atoms with Crippen molar-refractivity contribution in [1.82, 2.24) is 30.5 Å². The van der Waals surface area contributed by atoms with Crippen molar-refractivity contribution in [1.29, 1.82) is 0 Å². The van der Waals surface area contributed by atoms with Crippen molar-refractivity contribution in [2.75, 3.05) is 29.0 Å². The smallest absolute Gasteiger partial charge is 0.246 e. The van der Waals surface area contributed by atoms with Gasteiger partial charge in [0, 0.05) is 74.0 Å². The van der Waals surface area contributed by atoms with Gasteiger partial charge in [-0.15, -0.1) is 11.3 Å². The monoisotopic (exact) mass is 996 g/mol. The lowest BCUT2D eigenvalue weighted by atomic mass is 9.85. The number of sulfonamides is 1. The number of nitrogens with one attached hydrogen (secondary N) is 4. The van der Waals surface area contributed by atoms with Gasteiger partial charge in [0.05, 0.1) is 39.2 Å². The van der Waals surface area contributed by atoms with Crippen LogP contribution in [-0.4, -0.2) is 100 Å². The van der Waals surface area contributed by atoms with E-state index in [0.29, 0.717) is 16.8 Å². The maximum atomic E-state index is 15.6. The summed E-state index contributed by atoms with van der Waals surface area (Å²) >= 11 is 1.54. The minimum Gasteiger partial charge on any atom is -0.391 e. The third-order valence-electron chi connectivity index (χ3n) is 12.1. The molecule has 3 atom stereocenters. The van der Waals surface area contributed by atoms with Crippen molar-refractivity contribution in [3.8, 4) is 21.6 Å². The van der Waals surface area contributed by atoms with Crippen molar-refractivity contribution < 1.29 is 46.3 Å². The van der Waals surface area contributed by atoms with Gasteiger partial charge in [-0.2, -0.15) is 0 Å². The number of hydrogen-bond donors (Lipinski definition) is 5. The van der Waals surface area contributed by atoms with Crippen LogP contribution in [0.4, 0.5) is 20.2 Å². The molecule has 368 valence electrons. The summed E-state index contributed by atoms with van der Waals surface area (Å²) in [4.78, 5) is 83.3. The zero-order valence-electron chi connectivity index (χ0n) is 39.4. The molecule has 0 unspecified atom stereocenters. The second kappa shape index (κ2) is 21.0. The zero-order valence-corrected chi connectivity index (χ0v) is 41.1. The standard InChI is InChI=1S/C50H54F2N8O8S2/c1-7-20-70(67,68)58-38-17-16-37(51)42(43(38)52)44(64)36-25-54-47-35(36)21-32(24-53-47)30-12-14-33(15-13-30)59(6)41(63)19-18-40(62)57-46(50(3,4)5)49(66)60-26-34(61)22-39(60)48(65)55-23-29-8-10-31(11-9-29)45-28(2)56-27-69-45/h8-17,21,24-25,27,34,39,46,58,61H,7,18-20,22-23,26H2,1-6H3,(H,53,54)(H,55,65)(H,57,62)/t34-,39+,46-/m1/s1. The van der Waals surface area contributed by atoms with Crippen molar-refractivity contribution in [2.24, 2.45) is 5.41 Å². The molecule has 4 amide bonds. The number of nitrogens with zero attached hydrogens (tertiary/aromatic N) is 4. The van der Waals surface area contributed by atoms with Crippen LogP contribution >= 0.6 is 11.3 Å². The van der Waals surface area contributed by atoms with Crippen LogP contribution in [0, 0.1) is 24.0 Å². The number of hydrogen-bond acceptors (Lipinski definition) is 11. The number of β-amino-alcohol motifs (C(OH)–C–C–N with tert-alkyl or cyclic N) is 1. The number of aliphatic hydroxyl groups excluding tert-OH is 1. The first kappa shape index (κ1) is 51.0. The molecule has 1 fully saturated rings. The molecule has 1 aliphatic rings. The number of ketones is 1. The topological polar surface area (TPSA) is 224 Å². The van der Waals surface area contributed by atoms with E-state index in [-0.39, 0.29) is 61.1 Å². The number of aliphatic hydroxyl groups is 1. The highest BCUT2D eigenvalue weighted by Gasteiger charge is 2.44. The van der Waals surface area contributed by atoms with Crippen LogP contribution in [0.5, 0.6) is 0 Å². The maximum Gasteiger partial charge on any atom is 0.246 e. The Labute approximate surface area is 408 Å². The molecule has 3 aromatic carbocycles. The van der Waals surface area contributed by atoms with Gasteiger partial charge >= 0.3 is 0 Å². The predicted octanol–water partition coefficient (Wildman–Crippen LogP) is 6.87. The molecule has 70 heavy (non-hydrogen) atoms. The summed E-state index contributed by atoms with van der Waals surface area (Å²) in [5.74, 6) is -5.76. The van der Waals surface area contributed by atoms with E-state index < -0.39 is 85.9 Å². The summed E-state index contributed by atoms with van der Waals surface area (Å²) in [6, 6.07) is 15.8. The Balaban J connectivity index is 0.959. The summed E-state index contributed by atoms with van der Waals surface area (Å²) in [5.41, 5.74) is 4.10. The normalized spacial score (nSPS) is 15.4. The highest BCUT2D eigenvalue weighted by Crippen LogP contribution is 2.32. The average molecular weight is 997 g/mol. The van der Waals surface area contributed by atoms with Crippen LogP contribution in [0.25, 0.3) is 32.6 Å². The van der Waals surface area contributed by atoms with Crippen LogP contribution in [0.2, 0.25) is 0 Å². The number of pyridine rings is 1. The molecule has 0 spiro atoms. The number of H-pyrrole nitrogens is 1. The number of anilines is 2. The molecule has 0 saturated carbocycles. The second-order valence-electron chi connectivity index (χ2n) is 18.3. The molecular formula is C50H54F2N8O8S2. The quantitative estimate of drug-likeness (QED) is 0.0596. The Morgan fingerprint density at radius 2 is 1.67 bits per heavy atom. The molecule has 0 bridgehead atoms. The van der Waals surface area contributed by atoms with Crippen molar-refractivity contribution in [3.05, 3.63) is 119 Å². The van der Waals surface area contributed by atoms with Gasteiger partial charge in [0.1, 0.15) is 23.5 Å². The van der Waals surface area contributed by atoms with E-state index in [0.717, 1.165) is 33.8 Å². The van der Waals surface area contributed by atoms with Gasteiger partial charge in [-0.25, -0.2) is 27.2 Å². The fraction of sp³-hybridized carbons (Fsp3) is 0.340. The number of aromatic amines is 1. The molecule has 3 aromatic heterocycles. The Bertz CT molecular complexity index is 3060. The van der Waals surface area contributed by atoms with E-state index in [1.54, 1.807) is 81.9 Å². The molecule has 16 nitrogen and oxygen atoms in total. The number of benzene rings is 3. The summed E-state index contributed by atoms with van der Waals surface area (Å²) < 4.78 is 57.3. The van der Waals surface area contributed by atoms with Gasteiger partial charge in [-0.05, 0) is 65.8 Å². The van der Waals surface area contributed by atoms with E-state index in [4.69, 9.17) is 0 Å². The van der Waals surface area contributed by atoms with Crippen molar-refractivity contribution >= 4 is 73.2 Å². The van der Waals surface area contributed by atoms with Crippen LogP contribution in [0.3, 0.4) is 0 Å². The summed E-state index contributed by atoms with van der Waals surface area (Å²) in [6.45, 7) is 9.00. The lowest BCUT2D eigenvalue weighted by Gasteiger charge is -2.35. The molecular weight excluding hydrogens is 943 g/mol. The number of aryl methyl sites for hydroxylation is 1. The van der Waals surface area contributed by atoms with Crippen LogP contribution in [0.15, 0.2) is 84.6 Å². The third-order valence-corrected chi connectivity index (χ3v) is 14.5. The van der Waals surface area contributed by atoms with Crippen LogP contribution < -0.4 is 20.3 Å². The molecule has 6 aromatic rings. The van der Waals surface area contributed by atoms with Gasteiger partial charge in [0.25, 0.3) is 0 Å². The maximum absolute atomic E-state index is 15.6. The molecule has 0 aliphatic carbocycles. The van der Waals surface area contributed by atoms with Gasteiger partial charge in [-0.1, -0.05) is 64.1 Å². The first-order valence-electron chi connectivity index (χ1n) is 22.6. The average Bonchev–Trinajstić information content (AvgIpc) is 4.07. The van der Waals surface area contributed by atoms with Gasteiger partial charge in [0.15, 0.2) is 5.82 Å². The van der Waals surface area contributed by atoms with Crippen molar-refractivity contribution in [2.45, 2.75) is 85.0 Å². The number of likely N-dealkylation sites (tertiary alicyclic amines) is 1. The number of carbonyl (C=O) groups is 5. The summed E-state index contributed by atoms with van der Waals surface area (Å²) in [5, 5.41) is 16.6. The number of amides is 4. The van der Waals surface area contributed by atoms with E-state index in [1.165, 1.54) is 22.2 Å². The van der Waals surface area contributed by atoms with Crippen LogP contribution in [-0.2, 0) is 35.7 Å². The predicted molar refractivity (Wildman–Crippen MR) is 263 cm³/mol. The fourth-order valence-corrected chi connectivity index (χ4v) is 10.2. The molecule has 1 saturated heterocycles. The highest BCUT2D eigenvalue weighted by atomic mass is 32.2. The number of halogens is 2. The molecule has 20 heteroatoms. The number of rotatable bonds is 17. The highest BCUT2D eigenvalue weighted by molar-refractivity contribution is 7.92. The minimum atomic E-state index is -3.94. The van der Waals surface area contributed by atoms with Crippen LogP contribution in [0.1, 0.15) is 80.6 Å². The van der Waals surface area contributed by atoms with Gasteiger partial charge in [0.2, 0.25) is 39.4 Å². The molecule has 0 radical (unpaired) electrons. The van der Waals surface area contributed by atoms with E-state index in [1.807, 2.05) is 31.2 Å². The lowest BCUT2D eigenvalue weighted by Crippen LogP contribution is -2.57. The SMILES string of the molecule is CCCS(=O)(=O)Nc1ccc(F)c(C(=O)c2c[nH]c3ncc(-c4ccc(N(C)C(=O)CCC(=O)N[C@H](C(=O)N5C[C@H](O)C[C@H]5C(=O)NCc5ccc(-c6scnc6C)cc5)C(C)(C)C)cc4)cc23)c1F. The summed E-state index contributed by atoms with van der Waals surface area (Å²) in [7, 11) is -2.40. The van der Waals surface area contributed by atoms with E-state index >= 15 is 8.78 Å². The lowest BCUT2D eigenvalue weighted by molar-refractivity contribution is -0.144. The van der Waals surface area contributed by atoms with E-state index in [9.17, 15) is 37.5 Å². The van der Waals surface area contributed by atoms with Gasteiger partial charge in [-0.3, -0.25) is 28.7 Å². The molecule has 7 rings (SSSR count). The van der Waals surface area contributed by atoms with E-state index in [2.05, 4.69) is 30.3 Å². The molecule has 1 aliphatic heterocycles. The third kappa shape index (κ3) is 11.4. The number of fused-ring (bicyclic) bond motifs is 1. The number of carbonyl (C=O) groups excluding carboxylic acids is 5. The Morgan fingerprint density at radius 1 is 0.971 bits per heavy atom.